The topological polar surface area (TPSA) is 26.3 Å². The van der Waals surface area contributed by atoms with Gasteiger partial charge in [-0.15, -0.1) is 0 Å². The molecule has 170 valence electrons. The molecule has 4 atom stereocenters. The third kappa shape index (κ3) is 15.0. The van der Waals surface area contributed by atoms with Gasteiger partial charge in [-0.3, -0.25) is 4.79 Å². The fraction of sp³-hybridized carbons (Fsp3) is 0.963. The Hall–Kier alpha value is -0.530. The van der Waals surface area contributed by atoms with E-state index in [0.29, 0.717) is 6.42 Å². The number of esters is 1. The van der Waals surface area contributed by atoms with Crippen molar-refractivity contribution in [2.45, 2.75) is 135 Å². The van der Waals surface area contributed by atoms with Crippen molar-refractivity contribution in [1.82, 2.24) is 0 Å². The highest BCUT2D eigenvalue weighted by Gasteiger charge is 2.44. The molecule has 0 aromatic heterocycles. The molecule has 0 spiro atoms. The van der Waals surface area contributed by atoms with E-state index in [1.165, 1.54) is 110 Å². The Balaban J connectivity index is 0.000000423. The second-order valence-electron chi connectivity index (χ2n) is 10.2. The van der Waals surface area contributed by atoms with Crippen LogP contribution in [0.25, 0.3) is 0 Å². The highest BCUT2D eigenvalue weighted by molar-refractivity contribution is 5.68. The molecule has 0 radical (unpaired) electrons. The number of unbranched alkanes of at least 4 members (excludes halogenated alkanes) is 6. The van der Waals surface area contributed by atoms with Crippen molar-refractivity contribution in [2.24, 2.45) is 23.7 Å². The molecular weight excluding hydrogens is 356 g/mol. The quantitative estimate of drug-likeness (QED) is 0.213. The van der Waals surface area contributed by atoms with Gasteiger partial charge in [-0.05, 0) is 49.4 Å². The minimum absolute atomic E-state index is 0.0566. The lowest BCUT2D eigenvalue weighted by molar-refractivity contribution is -0.140. The standard InChI is InChI=1S/C21H38O2.2C3H6/c1-3-4-8-11-17-14-19(17)16-20-15-18(20)12-9-6-5-7-10-13-21(22)23-2;2*1-2-3-1/h17-20H,3-16H2,1-2H3;2*1-3H2. The smallest absolute Gasteiger partial charge is 0.305 e. The molecule has 4 rings (SSSR count). The Labute approximate surface area is 181 Å². The summed E-state index contributed by atoms with van der Waals surface area (Å²) >= 11 is 0. The molecule has 4 fully saturated rings. The maximum Gasteiger partial charge on any atom is 0.305 e. The first kappa shape index (κ1) is 24.7. The molecule has 0 aliphatic heterocycles. The summed E-state index contributed by atoms with van der Waals surface area (Å²) in [6, 6.07) is 0. The first-order valence-corrected chi connectivity index (χ1v) is 13.3. The molecule has 29 heavy (non-hydrogen) atoms. The Morgan fingerprint density at radius 1 is 0.690 bits per heavy atom. The first-order valence-electron chi connectivity index (χ1n) is 13.3. The average molecular weight is 407 g/mol. The van der Waals surface area contributed by atoms with E-state index in [1.807, 2.05) is 0 Å². The van der Waals surface area contributed by atoms with Gasteiger partial charge in [0.2, 0.25) is 0 Å². The minimum Gasteiger partial charge on any atom is -0.469 e. The second kappa shape index (κ2) is 15.3. The van der Waals surface area contributed by atoms with Crippen molar-refractivity contribution in [2.75, 3.05) is 7.11 Å². The molecule has 2 heteroatoms. The maximum absolute atomic E-state index is 11.0. The number of carbonyl (C=O) groups excluding carboxylic acids is 1. The largest absolute Gasteiger partial charge is 0.469 e. The molecule has 0 amide bonds. The molecule has 0 aromatic rings. The molecule has 4 aliphatic rings. The summed E-state index contributed by atoms with van der Waals surface area (Å²) in [7, 11) is 1.48. The fourth-order valence-corrected chi connectivity index (χ4v) is 4.26. The first-order chi connectivity index (χ1) is 14.2. The number of methoxy groups -OCH3 is 1. The van der Waals surface area contributed by atoms with Crippen LogP contribution < -0.4 is 0 Å². The van der Waals surface area contributed by atoms with Crippen molar-refractivity contribution in [3.63, 3.8) is 0 Å². The van der Waals surface area contributed by atoms with Gasteiger partial charge < -0.3 is 4.74 Å². The Kier molecular flexibility index (Phi) is 13.0. The zero-order valence-electron chi connectivity index (χ0n) is 19.8. The van der Waals surface area contributed by atoms with E-state index in [0.717, 1.165) is 30.1 Å². The summed E-state index contributed by atoms with van der Waals surface area (Å²) in [6.45, 7) is 2.30. The SMILES string of the molecule is C1CC1.C1CC1.CCCCCC1CC1CC1CC1CCCCCCCC(=O)OC. The van der Waals surface area contributed by atoms with Gasteiger partial charge >= 0.3 is 5.97 Å². The molecule has 4 saturated carbocycles. The van der Waals surface area contributed by atoms with Crippen molar-refractivity contribution in [3.05, 3.63) is 0 Å². The summed E-state index contributed by atoms with van der Waals surface area (Å²) < 4.78 is 4.66. The highest BCUT2D eigenvalue weighted by atomic mass is 16.5. The van der Waals surface area contributed by atoms with Crippen LogP contribution in [0.5, 0.6) is 0 Å². The summed E-state index contributed by atoms with van der Waals surface area (Å²) in [4.78, 5) is 11.0. The molecule has 4 aliphatic carbocycles. The third-order valence-corrected chi connectivity index (χ3v) is 6.81. The van der Waals surface area contributed by atoms with E-state index < -0.39 is 0 Å². The Morgan fingerprint density at radius 2 is 1.17 bits per heavy atom. The molecule has 0 aromatic carbocycles. The molecule has 0 N–H and O–H groups in total. The zero-order valence-corrected chi connectivity index (χ0v) is 19.8. The lowest BCUT2D eigenvalue weighted by Crippen LogP contribution is -1.99. The van der Waals surface area contributed by atoms with Gasteiger partial charge in [0.15, 0.2) is 0 Å². The van der Waals surface area contributed by atoms with Crippen molar-refractivity contribution in [1.29, 1.82) is 0 Å². The summed E-state index contributed by atoms with van der Waals surface area (Å²) in [5.74, 6) is 4.33. The van der Waals surface area contributed by atoms with E-state index in [2.05, 4.69) is 11.7 Å². The normalized spacial score (nSPS) is 27.7. The molecule has 0 saturated heterocycles. The van der Waals surface area contributed by atoms with E-state index in [-0.39, 0.29) is 5.97 Å². The van der Waals surface area contributed by atoms with Gasteiger partial charge in [-0.25, -0.2) is 0 Å². The molecule has 4 unspecified atom stereocenters. The van der Waals surface area contributed by atoms with Gasteiger partial charge in [0, 0.05) is 6.42 Å². The van der Waals surface area contributed by atoms with Crippen LogP contribution in [-0.2, 0) is 9.53 Å². The van der Waals surface area contributed by atoms with Crippen LogP contribution in [0.4, 0.5) is 0 Å². The predicted molar refractivity (Wildman–Crippen MR) is 124 cm³/mol. The number of rotatable bonds is 14. The fourth-order valence-electron chi connectivity index (χ4n) is 4.26. The molecular formula is C27H50O2. The van der Waals surface area contributed by atoms with Gasteiger partial charge in [-0.2, -0.15) is 0 Å². The molecule has 0 bridgehead atoms. The number of ether oxygens (including phenoxy) is 1. The molecule has 2 nitrogen and oxygen atoms in total. The van der Waals surface area contributed by atoms with Crippen LogP contribution in [0.1, 0.15) is 135 Å². The minimum atomic E-state index is -0.0566. The third-order valence-electron chi connectivity index (χ3n) is 6.81. The van der Waals surface area contributed by atoms with E-state index >= 15 is 0 Å². The van der Waals surface area contributed by atoms with Gasteiger partial charge in [0.05, 0.1) is 7.11 Å². The van der Waals surface area contributed by atoms with Gasteiger partial charge in [-0.1, -0.05) is 103 Å². The van der Waals surface area contributed by atoms with E-state index in [4.69, 9.17) is 0 Å². The van der Waals surface area contributed by atoms with Crippen LogP contribution in [0.2, 0.25) is 0 Å². The van der Waals surface area contributed by atoms with E-state index in [9.17, 15) is 4.79 Å². The summed E-state index contributed by atoms with van der Waals surface area (Å²) in [6.07, 6.45) is 27.7. The Morgan fingerprint density at radius 3 is 1.66 bits per heavy atom. The van der Waals surface area contributed by atoms with Crippen LogP contribution in [0.15, 0.2) is 0 Å². The number of hydrogen-bond acceptors (Lipinski definition) is 2. The second-order valence-corrected chi connectivity index (χ2v) is 10.2. The summed E-state index contributed by atoms with van der Waals surface area (Å²) in [5.41, 5.74) is 0. The number of hydrogen-bond donors (Lipinski definition) is 0. The van der Waals surface area contributed by atoms with Crippen LogP contribution in [0, 0.1) is 23.7 Å². The average Bonchev–Trinajstić information content (AvgIpc) is 3.59. The zero-order chi connectivity index (χ0) is 20.7. The highest BCUT2D eigenvalue weighted by Crippen LogP contribution is 2.54. The van der Waals surface area contributed by atoms with Crippen molar-refractivity contribution < 1.29 is 9.53 Å². The van der Waals surface area contributed by atoms with Crippen molar-refractivity contribution in [3.8, 4) is 0 Å². The Bertz CT molecular complexity index is 403. The van der Waals surface area contributed by atoms with Gasteiger partial charge in [0.1, 0.15) is 0 Å². The summed E-state index contributed by atoms with van der Waals surface area (Å²) in [5, 5.41) is 0. The van der Waals surface area contributed by atoms with Crippen LogP contribution >= 0.6 is 0 Å². The van der Waals surface area contributed by atoms with Crippen LogP contribution in [-0.4, -0.2) is 13.1 Å². The van der Waals surface area contributed by atoms with Gasteiger partial charge in [0.25, 0.3) is 0 Å². The molecule has 0 heterocycles. The predicted octanol–water partition coefficient (Wildman–Crippen LogP) is 8.47. The van der Waals surface area contributed by atoms with E-state index in [1.54, 1.807) is 12.8 Å². The maximum atomic E-state index is 11.0. The lowest BCUT2D eigenvalue weighted by Gasteiger charge is -2.03. The van der Waals surface area contributed by atoms with Crippen LogP contribution in [0.3, 0.4) is 0 Å². The van der Waals surface area contributed by atoms with Crippen molar-refractivity contribution >= 4 is 5.97 Å². The monoisotopic (exact) mass is 406 g/mol. The number of carbonyl (C=O) groups is 1. The lowest BCUT2D eigenvalue weighted by atomic mass is 10.0.